The summed E-state index contributed by atoms with van der Waals surface area (Å²) in [6.45, 7) is -0.251. The highest BCUT2D eigenvalue weighted by molar-refractivity contribution is 5.77. The smallest absolute Gasteiger partial charge is 0.221 e. The quantitative estimate of drug-likeness (QED) is 0.374. The molecule has 2 rings (SSSR count). The van der Waals surface area contributed by atoms with E-state index in [4.69, 9.17) is 5.11 Å². The molecule has 2 aliphatic rings. The Hall–Kier alpha value is -0.690. The third-order valence-electron chi connectivity index (χ3n) is 3.15. The van der Waals surface area contributed by atoms with E-state index in [0.717, 1.165) is 12.8 Å². The fraction of sp³-hybridized carbons (Fsp3) is 0.900. The molecule has 0 radical (unpaired) electrons. The summed E-state index contributed by atoms with van der Waals surface area (Å²) >= 11 is 0. The van der Waals surface area contributed by atoms with Crippen LogP contribution in [0.15, 0.2) is 0 Å². The van der Waals surface area contributed by atoms with Crippen molar-refractivity contribution < 1.29 is 20.1 Å². The second kappa shape index (κ2) is 4.67. The van der Waals surface area contributed by atoms with Gasteiger partial charge in [0.05, 0.1) is 24.9 Å². The number of amides is 1. The van der Waals surface area contributed by atoms with Gasteiger partial charge in [0.25, 0.3) is 0 Å². The molecule has 4 atom stereocenters. The standard InChI is InChI=1S/C10H18N2O4/c13-4-7-10(16)9(15)6(12-7)3-8(14)11-5-1-2-5/h5-7,9-10,12-13,15-16H,1-4H2,(H,11,14)/t6-,7-,9+,10-/m1/s1. The van der Waals surface area contributed by atoms with Crippen molar-refractivity contribution in [3.05, 3.63) is 0 Å². The molecule has 6 heteroatoms. The van der Waals surface area contributed by atoms with Crippen LogP contribution >= 0.6 is 0 Å². The van der Waals surface area contributed by atoms with Crippen LogP contribution in [0.1, 0.15) is 19.3 Å². The lowest BCUT2D eigenvalue weighted by molar-refractivity contribution is -0.122. The number of carbonyl (C=O) groups is 1. The Balaban J connectivity index is 1.82. The molecule has 0 spiro atoms. The number of hydrogen-bond donors (Lipinski definition) is 5. The monoisotopic (exact) mass is 230 g/mol. The number of aliphatic hydroxyl groups is 3. The molecule has 1 aliphatic carbocycles. The van der Waals surface area contributed by atoms with Crippen LogP contribution in [0.25, 0.3) is 0 Å². The van der Waals surface area contributed by atoms with Gasteiger partial charge in [-0.1, -0.05) is 0 Å². The third-order valence-corrected chi connectivity index (χ3v) is 3.15. The molecule has 0 aromatic carbocycles. The first-order valence-electron chi connectivity index (χ1n) is 5.64. The van der Waals surface area contributed by atoms with E-state index in [1.54, 1.807) is 0 Å². The summed E-state index contributed by atoms with van der Waals surface area (Å²) in [6.07, 6.45) is 0.166. The Morgan fingerprint density at radius 3 is 2.38 bits per heavy atom. The van der Waals surface area contributed by atoms with Gasteiger partial charge in [-0.3, -0.25) is 4.79 Å². The van der Waals surface area contributed by atoms with Gasteiger partial charge in [0.1, 0.15) is 0 Å². The molecular weight excluding hydrogens is 212 g/mol. The zero-order chi connectivity index (χ0) is 11.7. The molecule has 6 nitrogen and oxygen atoms in total. The molecular formula is C10H18N2O4. The highest BCUT2D eigenvalue weighted by atomic mass is 16.3. The molecule has 0 bridgehead atoms. The van der Waals surface area contributed by atoms with Crippen LogP contribution in [0.3, 0.4) is 0 Å². The van der Waals surface area contributed by atoms with Crippen molar-refractivity contribution >= 4 is 5.91 Å². The van der Waals surface area contributed by atoms with Crippen molar-refractivity contribution in [2.45, 2.75) is 49.6 Å². The Morgan fingerprint density at radius 1 is 1.25 bits per heavy atom. The summed E-state index contributed by atoms with van der Waals surface area (Å²) in [5.41, 5.74) is 0. The van der Waals surface area contributed by atoms with Crippen molar-refractivity contribution in [3.63, 3.8) is 0 Å². The highest BCUT2D eigenvalue weighted by Gasteiger charge is 2.41. The minimum absolute atomic E-state index is 0.121. The third kappa shape index (κ3) is 2.52. The van der Waals surface area contributed by atoms with Crippen LogP contribution in [-0.2, 0) is 4.79 Å². The Bertz CT molecular complexity index is 270. The maximum atomic E-state index is 11.5. The van der Waals surface area contributed by atoms with Gasteiger partial charge in [0.2, 0.25) is 5.91 Å². The molecule has 1 saturated carbocycles. The zero-order valence-corrected chi connectivity index (χ0v) is 8.97. The maximum absolute atomic E-state index is 11.5. The van der Waals surface area contributed by atoms with E-state index < -0.39 is 24.3 Å². The number of aliphatic hydroxyl groups excluding tert-OH is 3. The predicted octanol–water partition coefficient (Wildman–Crippen LogP) is -2.29. The van der Waals surface area contributed by atoms with E-state index in [0.29, 0.717) is 6.04 Å². The number of hydrogen-bond acceptors (Lipinski definition) is 5. The van der Waals surface area contributed by atoms with Gasteiger partial charge in [0.15, 0.2) is 0 Å². The van der Waals surface area contributed by atoms with Gasteiger partial charge in [0, 0.05) is 18.5 Å². The SMILES string of the molecule is O=C(C[C@H]1N[C@H](CO)[C@@H](O)[C@H]1O)NC1CC1. The lowest BCUT2D eigenvalue weighted by atomic mass is 10.1. The van der Waals surface area contributed by atoms with Gasteiger partial charge in [-0.2, -0.15) is 0 Å². The number of carbonyl (C=O) groups excluding carboxylic acids is 1. The number of rotatable bonds is 4. The van der Waals surface area contributed by atoms with E-state index in [9.17, 15) is 15.0 Å². The van der Waals surface area contributed by atoms with Crippen molar-refractivity contribution in [3.8, 4) is 0 Å². The van der Waals surface area contributed by atoms with Gasteiger partial charge >= 0.3 is 0 Å². The lowest BCUT2D eigenvalue weighted by Crippen LogP contribution is -2.39. The lowest BCUT2D eigenvalue weighted by Gasteiger charge is -2.15. The minimum atomic E-state index is -1.01. The summed E-state index contributed by atoms with van der Waals surface area (Å²) in [5.74, 6) is -0.121. The number of nitrogens with one attached hydrogen (secondary N) is 2. The van der Waals surface area contributed by atoms with Gasteiger partial charge < -0.3 is 26.0 Å². The minimum Gasteiger partial charge on any atom is -0.395 e. The second-order valence-electron chi connectivity index (χ2n) is 4.59. The normalized spacial score (nSPS) is 38.7. The van der Waals surface area contributed by atoms with Crippen LogP contribution in [0.2, 0.25) is 0 Å². The van der Waals surface area contributed by atoms with Gasteiger partial charge in [-0.25, -0.2) is 0 Å². The van der Waals surface area contributed by atoms with Crippen LogP contribution in [0, 0.1) is 0 Å². The van der Waals surface area contributed by atoms with E-state index in [1.807, 2.05) is 0 Å². The summed E-state index contributed by atoms with van der Waals surface area (Å²) in [7, 11) is 0. The van der Waals surface area contributed by atoms with Crippen molar-refractivity contribution in [2.24, 2.45) is 0 Å². The molecule has 2 fully saturated rings. The van der Waals surface area contributed by atoms with Crippen LogP contribution < -0.4 is 10.6 Å². The zero-order valence-electron chi connectivity index (χ0n) is 8.97. The molecule has 5 N–H and O–H groups in total. The van der Waals surface area contributed by atoms with Crippen LogP contribution in [0.4, 0.5) is 0 Å². The molecule has 16 heavy (non-hydrogen) atoms. The molecule has 0 unspecified atom stereocenters. The predicted molar refractivity (Wildman–Crippen MR) is 55.6 cm³/mol. The maximum Gasteiger partial charge on any atom is 0.221 e. The molecule has 1 amide bonds. The molecule has 1 saturated heterocycles. The first kappa shape index (κ1) is 11.8. The van der Waals surface area contributed by atoms with Crippen LogP contribution in [-0.4, -0.2) is 58.2 Å². The Labute approximate surface area is 93.7 Å². The molecule has 1 heterocycles. The fourth-order valence-corrected chi connectivity index (χ4v) is 2.00. The first-order valence-corrected chi connectivity index (χ1v) is 5.64. The topological polar surface area (TPSA) is 102 Å². The summed E-state index contributed by atoms with van der Waals surface area (Å²) in [4.78, 5) is 11.5. The van der Waals surface area contributed by atoms with E-state index in [-0.39, 0.29) is 18.9 Å². The average molecular weight is 230 g/mol. The van der Waals surface area contributed by atoms with Crippen LogP contribution in [0.5, 0.6) is 0 Å². The molecule has 92 valence electrons. The molecule has 0 aromatic rings. The van der Waals surface area contributed by atoms with Gasteiger partial charge in [-0.05, 0) is 12.8 Å². The Kier molecular flexibility index (Phi) is 3.44. The highest BCUT2D eigenvalue weighted by Crippen LogP contribution is 2.20. The molecule has 0 aromatic heterocycles. The fourth-order valence-electron chi connectivity index (χ4n) is 2.00. The summed E-state index contributed by atoms with van der Waals surface area (Å²) < 4.78 is 0. The van der Waals surface area contributed by atoms with Crippen molar-refractivity contribution in [1.29, 1.82) is 0 Å². The second-order valence-corrected chi connectivity index (χ2v) is 4.59. The largest absolute Gasteiger partial charge is 0.395 e. The van der Waals surface area contributed by atoms with E-state index in [1.165, 1.54) is 0 Å². The summed E-state index contributed by atoms with van der Waals surface area (Å²) in [5, 5.41) is 33.8. The van der Waals surface area contributed by atoms with E-state index in [2.05, 4.69) is 10.6 Å². The van der Waals surface area contributed by atoms with Crippen molar-refractivity contribution in [2.75, 3.05) is 6.61 Å². The first-order chi connectivity index (χ1) is 7.61. The summed E-state index contributed by atoms with van der Waals surface area (Å²) in [6, 6.07) is -0.732. The van der Waals surface area contributed by atoms with Crippen molar-refractivity contribution in [1.82, 2.24) is 10.6 Å². The Morgan fingerprint density at radius 2 is 1.88 bits per heavy atom. The molecule has 1 aliphatic heterocycles. The van der Waals surface area contributed by atoms with E-state index >= 15 is 0 Å². The van der Waals surface area contributed by atoms with Gasteiger partial charge in [-0.15, -0.1) is 0 Å². The average Bonchev–Trinajstić information content (AvgIpc) is 3.01.